The van der Waals surface area contributed by atoms with E-state index < -0.39 is 0 Å². The highest BCUT2D eigenvalue weighted by Crippen LogP contribution is 2.29. The van der Waals surface area contributed by atoms with Crippen LogP contribution in [0.4, 0.5) is 5.69 Å². The number of hydrogen-bond acceptors (Lipinski definition) is 2. The summed E-state index contributed by atoms with van der Waals surface area (Å²) in [5.41, 5.74) is 7.92. The van der Waals surface area contributed by atoms with Crippen molar-refractivity contribution in [2.75, 3.05) is 12.0 Å². The van der Waals surface area contributed by atoms with Crippen molar-refractivity contribution in [3.63, 3.8) is 0 Å². The number of nitrogens with two attached hydrogens (primary N) is 1. The van der Waals surface area contributed by atoms with Gasteiger partial charge < -0.3 is 5.73 Å². The van der Waals surface area contributed by atoms with E-state index in [9.17, 15) is 0 Å². The topological polar surface area (TPSA) is 26.0 Å². The van der Waals surface area contributed by atoms with Crippen molar-refractivity contribution >= 4 is 17.4 Å². The Kier molecular flexibility index (Phi) is 2.83. The molecule has 0 aliphatic carbocycles. The van der Waals surface area contributed by atoms with E-state index in [0.29, 0.717) is 5.25 Å². The van der Waals surface area contributed by atoms with Crippen LogP contribution >= 0.6 is 11.8 Å². The smallest absolute Gasteiger partial charge is 0.0357 e. The molecule has 1 aromatic carbocycles. The summed E-state index contributed by atoms with van der Waals surface area (Å²) in [6.45, 7) is 2.16. The third kappa shape index (κ3) is 1.90. The Balaban J connectivity index is 2.93. The summed E-state index contributed by atoms with van der Waals surface area (Å²) in [5.74, 6) is 0. The first-order valence-electron chi connectivity index (χ1n) is 3.63. The molecule has 0 aromatic heterocycles. The standard InChI is InChI=1S/C9H13NS/c1-7(11-2)8-5-3-4-6-9(8)10/h3-7H,10H2,1-2H3. The zero-order chi connectivity index (χ0) is 8.27. The lowest BCUT2D eigenvalue weighted by Crippen LogP contribution is -1.94. The van der Waals surface area contributed by atoms with Gasteiger partial charge in [-0.15, -0.1) is 0 Å². The second-order valence-electron chi connectivity index (χ2n) is 2.51. The van der Waals surface area contributed by atoms with E-state index in [-0.39, 0.29) is 0 Å². The summed E-state index contributed by atoms with van der Waals surface area (Å²) in [6.07, 6.45) is 2.09. The first kappa shape index (κ1) is 8.47. The van der Waals surface area contributed by atoms with E-state index in [4.69, 9.17) is 5.73 Å². The molecule has 0 bridgehead atoms. The molecule has 2 heteroatoms. The number of benzene rings is 1. The second-order valence-corrected chi connectivity index (χ2v) is 3.69. The van der Waals surface area contributed by atoms with E-state index in [2.05, 4.69) is 19.2 Å². The van der Waals surface area contributed by atoms with Gasteiger partial charge in [-0.2, -0.15) is 11.8 Å². The molecule has 0 heterocycles. The minimum atomic E-state index is 0.496. The molecule has 1 rings (SSSR count). The molecule has 1 unspecified atom stereocenters. The van der Waals surface area contributed by atoms with Gasteiger partial charge in [0.1, 0.15) is 0 Å². The van der Waals surface area contributed by atoms with Crippen LogP contribution < -0.4 is 5.73 Å². The number of para-hydroxylation sites is 1. The highest BCUT2D eigenvalue weighted by Gasteiger charge is 2.04. The van der Waals surface area contributed by atoms with Crippen LogP contribution in [0.15, 0.2) is 24.3 Å². The van der Waals surface area contributed by atoms with Crippen LogP contribution in [0.1, 0.15) is 17.7 Å². The first-order chi connectivity index (χ1) is 5.25. The molecular formula is C9H13NS. The summed E-state index contributed by atoms with van der Waals surface area (Å²) in [6, 6.07) is 8.02. The Labute approximate surface area is 72.0 Å². The number of anilines is 1. The zero-order valence-corrected chi connectivity index (χ0v) is 7.69. The van der Waals surface area contributed by atoms with Crippen molar-refractivity contribution < 1.29 is 0 Å². The molecule has 60 valence electrons. The van der Waals surface area contributed by atoms with Crippen molar-refractivity contribution in [1.29, 1.82) is 0 Å². The van der Waals surface area contributed by atoms with Gasteiger partial charge in [0.05, 0.1) is 0 Å². The molecule has 1 nitrogen and oxygen atoms in total. The van der Waals surface area contributed by atoms with Crippen LogP contribution in [0.25, 0.3) is 0 Å². The molecule has 0 saturated heterocycles. The Morgan fingerprint density at radius 2 is 2.00 bits per heavy atom. The van der Waals surface area contributed by atoms with Gasteiger partial charge in [0.2, 0.25) is 0 Å². The van der Waals surface area contributed by atoms with Crippen LogP contribution in [0.2, 0.25) is 0 Å². The molecule has 11 heavy (non-hydrogen) atoms. The summed E-state index contributed by atoms with van der Waals surface area (Å²) in [7, 11) is 0. The SMILES string of the molecule is CSC(C)c1ccccc1N. The monoisotopic (exact) mass is 167 g/mol. The van der Waals surface area contributed by atoms with Gasteiger partial charge in [0, 0.05) is 10.9 Å². The van der Waals surface area contributed by atoms with Crippen molar-refractivity contribution in [1.82, 2.24) is 0 Å². The largest absolute Gasteiger partial charge is 0.398 e. The van der Waals surface area contributed by atoms with Gasteiger partial charge >= 0.3 is 0 Å². The van der Waals surface area contributed by atoms with Crippen molar-refractivity contribution in [3.8, 4) is 0 Å². The Morgan fingerprint density at radius 3 is 2.55 bits per heavy atom. The average Bonchev–Trinajstić information content (AvgIpc) is 2.04. The predicted octanol–water partition coefficient (Wildman–Crippen LogP) is 2.69. The first-order valence-corrected chi connectivity index (χ1v) is 4.91. The third-order valence-corrected chi connectivity index (χ3v) is 2.75. The number of nitrogen functional groups attached to an aromatic ring is 1. The summed E-state index contributed by atoms with van der Waals surface area (Å²) in [5, 5.41) is 0.496. The van der Waals surface area contributed by atoms with Gasteiger partial charge in [-0.05, 0) is 24.8 Å². The van der Waals surface area contributed by atoms with Crippen molar-refractivity contribution in [2.24, 2.45) is 0 Å². The van der Waals surface area contributed by atoms with Crippen molar-refractivity contribution in [2.45, 2.75) is 12.2 Å². The fourth-order valence-electron chi connectivity index (χ4n) is 1.01. The van der Waals surface area contributed by atoms with E-state index in [1.165, 1.54) is 5.56 Å². The molecule has 0 aliphatic rings. The molecular weight excluding hydrogens is 154 g/mol. The number of hydrogen-bond donors (Lipinski definition) is 1. The van der Waals surface area contributed by atoms with Crippen LogP contribution in [0, 0.1) is 0 Å². The maximum absolute atomic E-state index is 5.78. The molecule has 0 amide bonds. The summed E-state index contributed by atoms with van der Waals surface area (Å²) >= 11 is 1.81. The molecule has 0 aliphatic heterocycles. The van der Waals surface area contributed by atoms with Gasteiger partial charge in [-0.1, -0.05) is 18.2 Å². The maximum Gasteiger partial charge on any atom is 0.0357 e. The molecule has 0 saturated carbocycles. The third-order valence-electron chi connectivity index (χ3n) is 1.79. The van der Waals surface area contributed by atoms with Crippen LogP contribution in [-0.4, -0.2) is 6.26 Å². The molecule has 0 radical (unpaired) electrons. The van der Waals surface area contributed by atoms with E-state index in [0.717, 1.165) is 5.69 Å². The van der Waals surface area contributed by atoms with Crippen LogP contribution in [0.5, 0.6) is 0 Å². The fraction of sp³-hybridized carbons (Fsp3) is 0.333. The Hall–Kier alpha value is -0.630. The molecule has 2 N–H and O–H groups in total. The van der Waals surface area contributed by atoms with Crippen molar-refractivity contribution in [3.05, 3.63) is 29.8 Å². The molecule has 0 spiro atoms. The van der Waals surface area contributed by atoms with Crippen LogP contribution in [0.3, 0.4) is 0 Å². The maximum atomic E-state index is 5.78. The fourth-order valence-corrected chi connectivity index (χ4v) is 1.48. The lowest BCUT2D eigenvalue weighted by molar-refractivity contribution is 1.11. The van der Waals surface area contributed by atoms with E-state index in [1.807, 2.05) is 30.0 Å². The predicted molar refractivity (Wildman–Crippen MR) is 52.8 cm³/mol. The normalized spacial score (nSPS) is 12.9. The molecule has 1 atom stereocenters. The highest BCUT2D eigenvalue weighted by molar-refractivity contribution is 7.98. The average molecular weight is 167 g/mol. The van der Waals surface area contributed by atoms with E-state index in [1.54, 1.807) is 0 Å². The summed E-state index contributed by atoms with van der Waals surface area (Å²) < 4.78 is 0. The number of rotatable bonds is 2. The Bertz CT molecular complexity index is 235. The lowest BCUT2D eigenvalue weighted by Gasteiger charge is -2.10. The van der Waals surface area contributed by atoms with Gasteiger partial charge in [-0.3, -0.25) is 0 Å². The number of thioether (sulfide) groups is 1. The van der Waals surface area contributed by atoms with E-state index >= 15 is 0 Å². The minimum absolute atomic E-state index is 0.496. The lowest BCUT2D eigenvalue weighted by atomic mass is 10.1. The molecule has 0 fully saturated rings. The summed E-state index contributed by atoms with van der Waals surface area (Å²) in [4.78, 5) is 0. The van der Waals surface area contributed by atoms with Crippen LogP contribution in [-0.2, 0) is 0 Å². The molecule has 1 aromatic rings. The van der Waals surface area contributed by atoms with Gasteiger partial charge in [0.15, 0.2) is 0 Å². The minimum Gasteiger partial charge on any atom is -0.398 e. The zero-order valence-electron chi connectivity index (χ0n) is 6.87. The van der Waals surface area contributed by atoms with Gasteiger partial charge in [-0.25, -0.2) is 0 Å². The Morgan fingerprint density at radius 1 is 1.36 bits per heavy atom. The second kappa shape index (κ2) is 3.67. The van der Waals surface area contributed by atoms with Gasteiger partial charge in [0.25, 0.3) is 0 Å². The highest BCUT2D eigenvalue weighted by atomic mass is 32.2. The quantitative estimate of drug-likeness (QED) is 0.685.